The molecule has 0 unspecified atom stereocenters. The summed E-state index contributed by atoms with van der Waals surface area (Å²) in [7, 11) is 0. The summed E-state index contributed by atoms with van der Waals surface area (Å²) in [5, 5.41) is 15.8. The summed E-state index contributed by atoms with van der Waals surface area (Å²) in [5.74, 6) is 0. The van der Waals surface area contributed by atoms with Gasteiger partial charge < -0.3 is 0 Å². The van der Waals surface area contributed by atoms with Crippen LogP contribution in [-0.4, -0.2) is 0 Å². The largest absolute Gasteiger partial charge is 0.134 e. The van der Waals surface area contributed by atoms with Gasteiger partial charge in [-0.15, -0.1) is 22.7 Å². The number of rotatable bonds is 2. The minimum Gasteiger partial charge on any atom is -0.134 e. The second-order valence-electron chi connectivity index (χ2n) is 12.8. The average molecular weight is 643 g/mol. The summed E-state index contributed by atoms with van der Waals surface area (Å²) in [5.41, 5.74) is 5.13. The maximum absolute atomic E-state index is 2.45. The standard InChI is InChI=1S/C46H26S2/c1-2-11-29-25-30(18-17-27(29)9-1)42-33-13-5-7-15-35(33)43(36-16-8-6-14-34(36)42)31-20-23-40-39(26-31)37-21-22-38-44-32-12-4-3-10-28(32)19-24-41(44)48-46(38)45(37)47-40/h1-26H. The van der Waals surface area contributed by atoms with Gasteiger partial charge in [0.2, 0.25) is 0 Å². The van der Waals surface area contributed by atoms with Crippen molar-refractivity contribution < 1.29 is 0 Å². The molecule has 0 fully saturated rings. The van der Waals surface area contributed by atoms with Gasteiger partial charge in [-0.2, -0.15) is 0 Å². The van der Waals surface area contributed by atoms with Gasteiger partial charge in [0.05, 0.1) is 9.40 Å². The second kappa shape index (κ2) is 9.98. The third-order valence-electron chi connectivity index (χ3n) is 10.2. The van der Waals surface area contributed by atoms with Crippen LogP contribution in [0.3, 0.4) is 0 Å². The minimum atomic E-state index is 1.26. The molecule has 0 N–H and O–H groups in total. The summed E-state index contributed by atoms with van der Waals surface area (Å²) < 4.78 is 5.49. The summed E-state index contributed by atoms with van der Waals surface area (Å²) in [6.07, 6.45) is 0. The van der Waals surface area contributed by atoms with Crippen LogP contribution in [0.5, 0.6) is 0 Å². The van der Waals surface area contributed by atoms with Gasteiger partial charge in [0, 0.05) is 30.9 Å². The highest BCUT2D eigenvalue weighted by molar-refractivity contribution is 7.33. The van der Waals surface area contributed by atoms with Gasteiger partial charge >= 0.3 is 0 Å². The Morgan fingerprint density at radius 3 is 1.52 bits per heavy atom. The molecule has 0 spiro atoms. The zero-order chi connectivity index (χ0) is 31.3. The lowest BCUT2D eigenvalue weighted by Crippen LogP contribution is -1.91. The van der Waals surface area contributed by atoms with Crippen molar-refractivity contribution in [1.82, 2.24) is 0 Å². The van der Waals surface area contributed by atoms with Crippen LogP contribution < -0.4 is 0 Å². The van der Waals surface area contributed by atoms with Crippen molar-refractivity contribution in [2.75, 3.05) is 0 Å². The van der Waals surface area contributed by atoms with Crippen LogP contribution in [0, 0.1) is 0 Å². The molecule has 0 aliphatic carbocycles. The Bertz CT molecular complexity index is 3060. The molecule has 0 saturated heterocycles. The fourth-order valence-electron chi connectivity index (χ4n) is 8.09. The Kier molecular flexibility index (Phi) is 5.51. The molecule has 222 valence electrons. The van der Waals surface area contributed by atoms with Crippen molar-refractivity contribution in [1.29, 1.82) is 0 Å². The van der Waals surface area contributed by atoms with Crippen LogP contribution in [0.15, 0.2) is 158 Å². The van der Waals surface area contributed by atoms with Crippen molar-refractivity contribution in [3.05, 3.63) is 158 Å². The van der Waals surface area contributed by atoms with Crippen LogP contribution in [-0.2, 0) is 0 Å². The van der Waals surface area contributed by atoms with Crippen molar-refractivity contribution in [3.63, 3.8) is 0 Å². The van der Waals surface area contributed by atoms with E-state index in [1.807, 2.05) is 22.7 Å². The van der Waals surface area contributed by atoms with Gasteiger partial charge in [-0.3, -0.25) is 0 Å². The SMILES string of the molecule is c1ccc2cc(-c3c4ccccc4c(-c4ccc5sc6c(ccc7c6sc6ccc8ccccc8c67)c5c4)c4ccccc34)ccc2c1. The minimum absolute atomic E-state index is 1.26. The fraction of sp³-hybridized carbons (Fsp3) is 0. The van der Waals surface area contributed by atoms with Gasteiger partial charge in [0.1, 0.15) is 0 Å². The lowest BCUT2D eigenvalue weighted by atomic mass is 9.85. The van der Waals surface area contributed by atoms with Gasteiger partial charge in [-0.1, -0.05) is 133 Å². The molecular formula is C46H26S2. The van der Waals surface area contributed by atoms with Crippen LogP contribution in [0.2, 0.25) is 0 Å². The van der Waals surface area contributed by atoms with Gasteiger partial charge in [0.25, 0.3) is 0 Å². The molecule has 0 nitrogen and oxygen atoms in total. The topological polar surface area (TPSA) is 0 Å². The van der Waals surface area contributed by atoms with E-state index in [9.17, 15) is 0 Å². The van der Waals surface area contributed by atoms with E-state index in [1.54, 1.807) is 0 Å². The lowest BCUT2D eigenvalue weighted by Gasteiger charge is -2.18. The first-order valence-corrected chi connectivity index (χ1v) is 18.1. The predicted molar refractivity (Wildman–Crippen MR) is 213 cm³/mol. The van der Waals surface area contributed by atoms with Crippen LogP contribution in [0.25, 0.3) is 106 Å². The molecule has 0 aliphatic rings. The zero-order valence-corrected chi connectivity index (χ0v) is 27.5. The fourth-order valence-corrected chi connectivity index (χ4v) is 10.6. The number of hydrogen-bond donors (Lipinski definition) is 0. The Morgan fingerprint density at radius 2 is 0.792 bits per heavy atom. The van der Waals surface area contributed by atoms with E-state index in [1.165, 1.54) is 106 Å². The summed E-state index contributed by atoms with van der Waals surface area (Å²) in [6, 6.07) is 58.7. The van der Waals surface area contributed by atoms with Crippen LogP contribution in [0.4, 0.5) is 0 Å². The summed E-state index contributed by atoms with van der Waals surface area (Å²) >= 11 is 3.87. The molecule has 2 heterocycles. The number of hydrogen-bond acceptors (Lipinski definition) is 2. The van der Waals surface area contributed by atoms with E-state index in [4.69, 9.17) is 0 Å². The first-order valence-electron chi connectivity index (χ1n) is 16.4. The molecule has 0 aliphatic heterocycles. The van der Waals surface area contributed by atoms with E-state index >= 15 is 0 Å². The molecule has 0 atom stereocenters. The number of thiophene rings is 2. The van der Waals surface area contributed by atoms with Crippen molar-refractivity contribution in [2.45, 2.75) is 0 Å². The van der Waals surface area contributed by atoms with Crippen LogP contribution in [0.1, 0.15) is 0 Å². The molecule has 0 bridgehead atoms. The highest BCUT2D eigenvalue weighted by Gasteiger charge is 2.19. The Morgan fingerprint density at radius 1 is 0.292 bits per heavy atom. The smallest absolute Gasteiger partial charge is 0.0534 e. The first kappa shape index (κ1) is 26.5. The van der Waals surface area contributed by atoms with E-state index in [0.717, 1.165) is 0 Å². The molecule has 9 aromatic carbocycles. The molecule has 2 aromatic heterocycles. The quantitative estimate of drug-likeness (QED) is 0.165. The number of benzene rings is 9. The summed E-state index contributed by atoms with van der Waals surface area (Å²) in [4.78, 5) is 0. The second-order valence-corrected chi connectivity index (χ2v) is 14.9. The van der Waals surface area contributed by atoms with E-state index in [0.29, 0.717) is 0 Å². The Hall–Kier alpha value is -5.54. The van der Waals surface area contributed by atoms with Crippen molar-refractivity contribution in [2.24, 2.45) is 0 Å². The maximum atomic E-state index is 2.45. The third kappa shape index (κ3) is 3.70. The average Bonchev–Trinajstić information content (AvgIpc) is 3.72. The van der Waals surface area contributed by atoms with Gasteiger partial charge in [-0.25, -0.2) is 0 Å². The van der Waals surface area contributed by atoms with E-state index in [-0.39, 0.29) is 0 Å². The first-order chi connectivity index (χ1) is 23.8. The summed E-state index contributed by atoms with van der Waals surface area (Å²) in [6.45, 7) is 0. The van der Waals surface area contributed by atoms with Gasteiger partial charge in [-0.05, 0) is 89.6 Å². The van der Waals surface area contributed by atoms with E-state index < -0.39 is 0 Å². The van der Waals surface area contributed by atoms with Crippen molar-refractivity contribution >= 4 is 106 Å². The van der Waals surface area contributed by atoms with Crippen LogP contribution >= 0.6 is 22.7 Å². The molecule has 0 saturated carbocycles. The molecule has 2 heteroatoms. The van der Waals surface area contributed by atoms with E-state index in [2.05, 4.69) is 158 Å². The number of fused-ring (bicyclic) bond motifs is 12. The highest BCUT2D eigenvalue weighted by atomic mass is 32.1. The molecule has 0 radical (unpaired) electrons. The lowest BCUT2D eigenvalue weighted by molar-refractivity contribution is 1.69. The monoisotopic (exact) mass is 642 g/mol. The predicted octanol–water partition coefficient (Wildman–Crippen LogP) is 14.4. The zero-order valence-electron chi connectivity index (χ0n) is 25.8. The molecular weight excluding hydrogens is 617 g/mol. The molecule has 11 aromatic rings. The molecule has 48 heavy (non-hydrogen) atoms. The van der Waals surface area contributed by atoms with Gasteiger partial charge in [0.15, 0.2) is 0 Å². The maximum Gasteiger partial charge on any atom is 0.0534 e. The Labute approximate surface area is 284 Å². The van der Waals surface area contributed by atoms with Crippen molar-refractivity contribution in [3.8, 4) is 22.3 Å². The third-order valence-corrected chi connectivity index (χ3v) is 12.7. The molecule has 0 amide bonds. The Balaban J connectivity index is 1.18. The normalized spacial score (nSPS) is 12.2. The highest BCUT2D eigenvalue weighted by Crippen LogP contribution is 2.48. The molecule has 11 rings (SSSR count).